The normalized spacial score (nSPS) is 13.6. The predicted octanol–water partition coefficient (Wildman–Crippen LogP) is 2.36. The highest BCUT2D eigenvalue weighted by molar-refractivity contribution is 5.94. The molecule has 2 N–H and O–H groups in total. The maximum absolute atomic E-state index is 14.1. The lowest BCUT2D eigenvalue weighted by Gasteiger charge is -2.27. The second-order valence-corrected chi connectivity index (χ2v) is 4.92. The van der Waals surface area contributed by atoms with Crippen molar-refractivity contribution in [3.8, 4) is 11.3 Å². The molecule has 1 fully saturated rings. The highest BCUT2D eigenvalue weighted by atomic mass is 19.1. The van der Waals surface area contributed by atoms with Crippen LogP contribution < -0.4 is 10.6 Å². The second kappa shape index (κ2) is 7.78. The first-order chi connectivity index (χ1) is 11.2. The average molecular weight is 316 g/mol. The molecule has 122 valence electrons. The summed E-state index contributed by atoms with van der Waals surface area (Å²) in [5.74, 6) is -0.702. The lowest BCUT2D eigenvalue weighted by molar-refractivity contribution is 0.0959. The van der Waals surface area contributed by atoms with E-state index >= 15 is 0 Å². The highest BCUT2D eigenvalue weighted by Crippen LogP contribution is 2.28. The number of amides is 1. The molecule has 2 heterocycles. The van der Waals surface area contributed by atoms with E-state index in [9.17, 15) is 9.18 Å². The molecule has 0 aliphatic carbocycles. The zero-order valence-electron chi connectivity index (χ0n) is 13.6. The molecule has 3 rings (SSSR count). The van der Waals surface area contributed by atoms with Gasteiger partial charge in [-0.1, -0.05) is 19.9 Å². The largest absolute Gasteiger partial charge is 0.355 e. The van der Waals surface area contributed by atoms with Crippen LogP contribution in [0.15, 0.2) is 30.6 Å². The van der Waals surface area contributed by atoms with Gasteiger partial charge in [0.25, 0.3) is 5.91 Å². The number of carbonyl (C=O) groups excluding carboxylic acids is 1. The number of hydrogen-bond donors (Lipinski definition) is 2. The summed E-state index contributed by atoms with van der Waals surface area (Å²) in [6.07, 6.45) is 3.24. The lowest BCUT2D eigenvalue weighted by Crippen LogP contribution is -2.40. The Bertz CT molecular complexity index is 686. The molecule has 23 heavy (non-hydrogen) atoms. The van der Waals surface area contributed by atoms with Gasteiger partial charge in [0.2, 0.25) is 0 Å². The Morgan fingerprint density at radius 3 is 2.52 bits per heavy atom. The minimum absolute atomic E-state index is 0.0250. The van der Waals surface area contributed by atoms with Crippen LogP contribution in [0.2, 0.25) is 0 Å². The third kappa shape index (κ3) is 3.53. The SMILES string of the molecule is CC.CNC(=O)c1ccc(-c2nccnc2C2CNC2)cc1F. The molecule has 0 radical (unpaired) electrons. The van der Waals surface area contributed by atoms with Crippen molar-refractivity contribution in [2.45, 2.75) is 19.8 Å². The molecule has 6 heteroatoms. The van der Waals surface area contributed by atoms with E-state index in [1.54, 1.807) is 18.5 Å². The Kier molecular flexibility index (Phi) is 5.76. The van der Waals surface area contributed by atoms with Crippen LogP contribution in [-0.4, -0.2) is 36.0 Å². The van der Waals surface area contributed by atoms with Crippen LogP contribution in [-0.2, 0) is 0 Å². The van der Waals surface area contributed by atoms with Gasteiger partial charge in [-0.2, -0.15) is 0 Å². The van der Waals surface area contributed by atoms with E-state index in [4.69, 9.17) is 0 Å². The van der Waals surface area contributed by atoms with Crippen LogP contribution in [0.3, 0.4) is 0 Å². The Morgan fingerprint density at radius 2 is 1.96 bits per heavy atom. The molecular weight excluding hydrogens is 295 g/mol. The number of nitrogens with zero attached hydrogens (tertiary/aromatic N) is 2. The van der Waals surface area contributed by atoms with Crippen LogP contribution in [0.1, 0.15) is 35.8 Å². The summed E-state index contributed by atoms with van der Waals surface area (Å²) in [4.78, 5) is 20.2. The van der Waals surface area contributed by atoms with Gasteiger partial charge in [-0.05, 0) is 12.1 Å². The smallest absolute Gasteiger partial charge is 0.253 e. The first kappa shape index (κ1) is 17.0. The fourth-order valence-corrected chi connectivity index (χ4v) is 2.33. The van der Waals surface area contributed by atoms with Gasteiger partial charge in [-0.25, -0.2) is 4.39 Å². The highest BCUT2D eigenvalue weighted by Gasteiger charge is 2.24. The number of halogens is 1. The molecule has 0 spiro atoms. The summed E-state index contributed by atoms with van der Waals surface area (Å²) in [6.45, 7) is 5.70. The lowest BCUT2D eigenvalue weighted by atomic mass is 9.94. The molecule has 1 aromatic heterocycles. The predicted molar refractivity (Wildman–Crippen MR) is 87.8 cm³/mol. The van der Waals surface area contributed by atoms with Crippen LogP contribution in [0.25, 0.3) is 11.3 Å². The number of benzene rings is 1. The fraction of sp³-hybridized carbons (Fsp3) is 0.353. The number of nitrogens with one attached hydrogen (secondary N) is 2. The van der Waals surface area contributed by atoms with Crippen molar-refractivity contribution < 1.29 is 9.18 Å². The Balaban J connectivity index is 0.000000924. The van der Waals surface area contributed by atoms with Gasteiger partial charge in [0.1, 0.15) is 5.82 Å². The van der Waals surface area contributed by atoms with Crippen molar-refractivity contribution >= 4 is 5.91 Å². The summed E-state index contributed by atoms with van der Waals surface area (Å²) in [6, 6.07) is 4.51. The molecular formula is C17H21FN4O. The van der Waals surface area contributed by atoms with Crippen molar-refractivity contribution in [3.05, 3.63) is 47.7 Å². The summed E-state index contributed by atoms with van der Waals surface area (Å²) >= 11 is 0. The Labute approximate surface area is 135 Å². The van der Waals surface area contributed by atoms with E-state index in [0.717, 1.165) is 18.8 Å². The van der Waals surface area contributed by atoms with Crippen molar-refractivity contribution in [2.75, 3.05) is 20.1 Å². The molecule has 2 aromatic rings. The van der Waals surface area contributed by atoms with Crippen molar-refractivity contribution in [3.63, 3.8) is 0 Å². The molecule has 0 atom stereocenters. The monoisotopic (exact) mass is 316 g/mol. The summed E-state index contributed by atoms with van der Waals surface area (Å²) in [7, 11) is 1.47. The van der Waals surface area contributed by atoms with Gasteiger partial charge in [0, 0.05) is 44.0 Å². The molecule has 1 aromatic carbocycles. The number of aromatic nitrogens is 2. The standard InChI is InChI=1S/C15H15FN4O.C2H6/c1-17-15(21)11-3-2-9(6-12(11)16)13-14(10-7-18-8-10)20-5-4-19-13;1-2/h2-6,10,18H,7-8H2,1H3,(H,17,21);1-2H3. The van der Waals surface area contributed by atoms with Crippen molar-refractivity contribution in [2.24, 2.45) is 0 Å². The summed E-state index contributed by atoms with van der Waals surface area (Å²) < 4.78 is 14.1. The van der Waals surface area contributed by atoms with Gasteiger partial charge in [0.15, 0.2) is 0 Å². The Morgan fingerprint density at radius 1 is 1.26 bits per heavy atom. The van der Waals surface area contributed by atoms with E-state index in [1.807, 2.05) is 13.8 Å². The number of carbonyl (C=O) groups is 1. The maximum Gasteiger partial charge on any atom is 0.253 e. The topological polar surface area (TPSA) is 66.9 Å². The molecule has 1 aliphatic heterocycles. The first-order valence-corrected chi connectivity index (χ1v) is 7.74. The molecule has 1 amide bonds. The van der Waals surface area contributed by atoms with Gasteiger partial charge in [-0.3, -0.25) is 14.8 Å². The van der Waals surface area contributed by atoms with E-state index < -0.39 is 11.7 Å². The van der Waals surface area contributed by atoms with Crippen LogP contribution in [0.4, 0.5) is 4.39 Å². The zero-order valence-corrected chi connectivity index (χ0v) is 13.6. The molecule has 0 unspecified atom stereocenters. The minimum Gasteiger partial charge on any atom is -0.355 e. The third-order valence-corrected chi connectivity index (χ3v) is 3.61. The van der Waals surface area contributed by atoms with Crippen LogP contribution in [0, 0.1) is 5.82 Å². The summed E-state index contributed by atoms with van der Waals surface area (Å²) in [5, 5.41) is 5.60. The second-order valence-electron chi connectivity index (χ2n) is 4.92. The zero-order chi connectivity index (χ0) is 16.8. The van der Waals surface area contributed by atoms with Gasteiger partial charge in [-0.15, -0.1) is 0 Å². The van der Waals surface area contributed by atoms with Crippen LogP contribution in [0.5, 0.6) is 0 Å². The number of rotatable bonds is 3. The van der Waals surface area contributed by atoms with Crippen molar-refractivity contribution in [1.29, 1.82) is 0 Å². The quantitative estimate of drug-likeness (QED) is 0.912. The molecule has 5 nitrogen and oxygen atoms in total. The Hall–Kier alpha value is -2.34. The van der Waals surface area contributed by atoms with E-state index in [0.29, 0.717) is 17.2 Å². The first-order valence-electron chi connectivity index (χ1n) is 7.74. The summed E-state index contributed by atoms with van der Waals surface area (Å²) in [5.41, 5.74) is 2.20. The van der Waals surface area contributed by atoms with Crippen molar-refractivity contribution in [1.82, 2.24) is 20.6 Å². The van der Waals surface area contributed by atoms with Crippen LogP contribution >= 0.6 is 0 Å². The van der Waals surface area contributed by atoms with E-state index in [2.05, 4.69) is 20.6 Å². The average Bonchev–Trinajstić information content (AvgIpc) is 2.55. The van der Waals surface area contributed by atoms with Gasteiger partial charge in [0.05, 0.1) is 17.0 Å². The fourth-order valence-electron chi connectivity index (χ4n) is 2.33. The molecule has 1 saturated heterocycles. The molecule has 1 aliphatic rings. The van der Waals surface area contributed by atoms with E-state index in [-0.39, 0.29) is 5.56 Å². The third-order valence-electron chi connectivity index (χ3n) is 3.61. The minimum atomic E-state index is -0.560. The van der Waals surface area contributed by atoms with E-state index in [1.165, 1.54) is 19.2 Å². The van der Waals surface area contributed by atoms with Gasteiger partial charge < -0.3 is 10.6 Å². The maximum atomic E-state index is 14.1. The molecule has 0 saturated carbocycles. The van der Waals surface area contributed by atoms with Gasteiger partial charge >= 0.3 is 0 Å². The number of hydrogen-bond acceptors (Lipinski definition) is 4. The molecule has 0 bridgehead atoms.